The highest BCUT2D eigenvalue weighted by molar-refractivity contribution is 5.88. The van der Waals surface area contributed by atoms with Crippen molar-refractivity contribution in [2.24, 2.45) is 11.1 Å². The SMILES string of the molecule is CCC1CN(C2CCCCNC2=O)CCC1=NO. The first kappa shape index (κ1) is 13.3. The molecule has 0 spiro atoms. The third kappa shape index (κ3) is 2.83. The van der Waals surface area contributed by atoms with Gasteiger partial charge in [0.15, 0.2) is 0 Å². The van der Waals surface area contributed by atoms with Crippen molar-refractivity contribution in [1.29, 1.82) is 0 Å². The number of rotatable bonds is 2. The van der Waals surface area contributed by atoms with E-state index in [1.165, 1.54) is 0 Å². The minimum absolute atomic E-state index is 0.0155. The second kappa shape index (κ2) is 6.18. The van der Waals surface area contributed by atoms with Crippen LogP contribution in [-0.4, -0.2) is 47.4 Å². The summed E-state index contributed by atoms with van der Waals surface area (Å²) in [6.07, 6.45) is 4.88. The van der Waals surface area contributed by atoms with Crippen LogP contribution in [0.5, 0.6) is 0 Å². The second-order valence-electron chi connectivity index (χ2n) is 5.24. The molecule has 18 heavy (non-hydrogen) atoms. The summed E-state index contributed by atoms with van der Waals surface area (Å²) in [7, 11) is 0. The quantitative estimate of drug-likeness (QED) is 0.574. The van der Waals surface area contributed by atoms with Crippen LogP contribution in [0.4, 0.5) is 0 Å². The van der Waals surface area contributed by atoms with Gasteiger partial charge >= 0.3 is 0 Å². The third-order valence-electron chi connectivity index (χ3n) is 4.15. The van der Waals surface area contributed by atoms with Gasteiger partial charge in [0, 0.05) is 32.0 Å². The fraction of sp³-hybridized carbons (Fsp3) is 0.846. The van der Waals surface area contributed by atoms with Gasteiger partial charge in [-0.25, -0.2) is 0 Å². The minimum Gasteiger partial charge on any atom is -0.411 e. The van der Waals surface area contributed by atoms with Gasteiger partial charge in [-0.3, -0.25) is 9.69 Å². The van der Waals surface area contributed by atoms with Gasteiger partial charge in [-0.05, 0) is 25.7 Å². The Morgan fingerprint density at radius 2 is 2.33 bits per heavy atom. The topological polar surface area (TPSA) is 64.9 Å². The molecule has 2 saturated heterocycles. The van der Waals surface area contributed by atoms with E-state index in [-0.39, 0.29) is 11.9 Å². The van der Waals surface area contributed by atoms with Crippen LogP contribution in [0.3, 0.4) is 0 Å². The van der Waals surface area contributed by atoms with E-state index in [9.17, 15) is 4.79 Å². The zero-order chi connectivity index (χ0) is 13.0. The average Bonchev–Trinajstić information content (AvgIpc) is 2.62. The number of amides is 1. The molecular weight excluding hydrogens is 230 g/mol. The van der Waals surface area contributed by atoms with Crippen molar-refractivity contribution in [2.45, 2.75) is 45.1 Å². The van der Waals surface area contributed by atoms with Crippen LogP contribution in [0.15, 0.2) is 5.16 Å². The molecule has 2 unspecified atom stereocenters. The third-order valence-corrected chi connectivity index (χ3v) is 4.15. The van der Waals surface area contributed by atoms with E-state index in [1.807, 2.05) is 0 Å². The number of hydrogen-bond donors (Lipinski definition) is 2. The smallest absolute Gasteiger partial charge is 0.237 e. The van der Waals surface area contributed by atoms with Crippen molar-refractivity contribution in [3.8, 4) is 0 Å². The number of nitrogens with zero attached hydrogens (tertiary/aromatic N) is 2. The molecule has 0 aromatic carbocycles. The molecular formula is C13H23N3O2. The van der Waals surface area contributed by atoms with E-state index in [0.717, 1.165) is 57.5 Å². The highest BCUT2D eigenvalue weighted by Gasteiger charge is 2.33. The Kier molecular flexibility index (Phi) is 4.58. The van der Waals surface area contributed by atoms with Crippen LogP contribution in [0, 0.1) is 5.92 Å². The molecule has 0 bridgehead atoms. The van der Waals surface area contributed by atoms with Crippen LogP contribution >= 0.6 is 0 Å². The molecule has 5 nitrogen and oxygen atoms in total. The van der Waals surface area contributed by atoms with Crippen LogP contribution < -0.4 is 5.32 Å². The van der Waals surface area contributed by atoms with Crippen LogP contribution in [-0.2, 0) is 4.79 Å². The Hall–Kier alpha value is -1.10. The highest BCUT2D eigenvalue weighted by Crippen LogP contribution is 2.22. The maximum atomic E-state index is 12.0. The first-order valence-corrected chi connectivity index (χ1v) is 6.98. The molecule has 0 aromatic heterocycles. The molecule has 0 saturated carbocycles. The number of carbonyl (C=O) groups is 1. The summed E-state index contributed by atoms with van der Waals surface area (Å²) >= 11 is 0. The van der Waals surface area contributed by atoms with Gasteiger partial charge in [0.1, 0.15) is 0 Å². The lowest BCUT2D eigenvalue weighted by molar-refractivity contribution is -0.126. The normalized spacial score (nSPS) is 33.2. The first-order valence-electron chi connectivity index (χ1n) is 6.98. The average molecular weight is 253 g/mol. The number of piperidine rings is 1. The Labute approximate surface area is 108 Å². The van der Waals surface area contributed by atoms with Crippen LogP contribution in [0.1, 0.15) is 39.0 Å². The maximum absolute atomic E-state index is 12.0. The molecule has 0 aromatic rings. The van der Waals surface area contributed by atoms with Gasteiger partial charge in [0.2, 0.25) is 5.91 Å². The Balaban J connectivity index is 2.02. The predicted molar refractivity (Wildman–Crippen MR) is 69.8 cm³/mol. The molecule has 0 radical (unpaired) electrons. The van der Waals surface area contributed by atoms with Crippen molar-refractivity contribution in [2.75, 3.05) is 19.6 Å². The van der Waals surface area contributed by atoms with Crippen molar-refractivity contribution < 1.29 is 10.0 Å². The van der Waals surface area contributed by atoms with Gasteiger partial charge in [-0.15, -0.1) is 0 Å². The summed E-state index contributed by atoms with van der Waals surface area (Å²) in [4.78, 5) is 14.3. The van der Waals surface area contributed by atoms with Crippen molar-refractivity contribution in [3.63, 3.8) is 0 Å². The van der Waals surface area contributed by atoms with E-state index in [2.05, 4.69) is 22.3 Å². The molecule has 1 amide bonds. The summed E-state index contributed by atoms with van der Waals surface area (Å²) in [5.41, 5.74) is 0.891. The van der Waals surface area contributed by atoms with Gasteiger partial charge in [0.05, 0.1) is 11.8 Å². The van der Waals surface area contributed by atoms with Gasteiger partial charge in [-0.1, -0.05) is 12.1 Å². The Bertz CT molecular complexity index is 330. The summed E-state index contributed by atoms with van der Waals surface area (Å²) in [6, 6.07) is 0.0155. The Morgan fingerprint density at radius 3 is 3.06 bits per heavy atom. The van der Waals surface area contributed by atoms with E-state index in [4.69, 9.17) is 5.21 Å². The fourth-order valence-electron chi connectivity index (χ4n) is 2.99. The number of oxime groups is 1. The van der Waals surface area contributed by atoms with Gasteiger partial charge in [-0.2, -0.15) is 0 Å². The molecule has 2 atom stereocenters. The molecule has 2 aliphatic heterocycles. The fourth-order valence-corrected chi connectivity index (χ4v) is 2.99. The van der Waals surface area contributed by atoms with Crippen LogP contribution in [0.25, 0.3) is 0 Å². The van der Waals surface area contributed by atoms with E-state index in [0.29, 0.717) is 5.92 Å². The zero-order valence-electron chi connectivity index (χ0n) is 11.1. The largest absolute Gasteiger partial charge is 0.411 e. The van der Waals surface area contributed by atoms with Gasteiger partial charge in [0.25, 0.3) is 0 Å². The summed E-state index contributed by atoms with van der Waals surface area (Å²) in [5.74, 6) is 0.464. The minimum atomic E-state index is 0.0155. The van der Waals surface area contributed by atoms with Gasteiger partial charge < -0.3 is 10.5 Å². The summed E-state index contributed by atoms with van der Waals surface area (Å²) in [5, 5.41) is 15.4. The number of carbonyl (C=O) groups excluding carboxylic acids is 1. The van der Waals surface area contributed by atoms with E-state index >= 15 is 0 Å². The lowest BCUT2D eigenvalue weighted by atomic mass is 9.91. The highest BCUT2D eigenvalue weighted by atomic mass is 16.4. The number of likely N-dealkylation sites (tertiary alicyclic amines) is 1. The first-order chi connectivity index (χ1) is 8.76. The maximum Gasteiger partial charge on any atom is 0.237 e. The zero-order valence-corrected chi connectivity index (χ0v) is 11.1. The molecule has 2 heterocycles. The monoisotopic (exact) mass is 253 g/mol. The van der Waals surface area contributed by atoms with Crippen LogP contribution in [0.2, 0.25) is 0 Å². The standard InChI is InChI=1S/C13H23N3O2/c1-2-10-9-16(8-6-11(10)15-18)12-5-3-4-7-14-13(12)17/h10,12,18H,2-9H2,1H3,(H,14,17). The van der Waals surface area contributed by atoms with Crippen molar-refractivity contribution >= 4 is 11.6 Å². The Morgan fingerprint density at radius 1 is 1.50 bits per heavy atom. The molecule has 5 heteroatoms. The molecule has 2 aliphatic rings. The second-order valence-corrected chi connectivity index (χ2v) is 5.24. The molecule has 102 valence electrons. The number of hydrogen-bond acceptors (Lipinski definition) is 4. The van der Waals surface area contributed by atoms with E-state index in [1.54, 1.807) is 0 Å². The number of nitrogens with one attached hydrogen (secondary N) is 1. The molecule has 0 aliphatic carbocycles. The summed E-state index contributed by atoms with van der Waals surface area (Å²) in [6.45, 7) is 4.58. The predicted octanol–water partition coefficient (Wildman–Crippen LogP) is 1.22. The molecule has 2 fully saturated rings. The molecule has 2 N–H and O–H groups in total. The van der Waals surface area contributed by atoms with E-state index < -0.39 is 0 Å². The van der Waals surface area contributed by atoms with Crippen molar-refractivity contribution in [3.05, 3.63) is 0 Å². The lowest BCUT2D eigenvalue weighted by Crippen LogP contribution is -2.51. The van der Waals surface area contributed by atoms with Crippen molar-refractivity contribution in [1.82, 2.24) is 10.2 Å². The molecule has 2 rings (SSSR count). The summed E-state index contributed by atoms with van der Waals surface area (Å²) < 4.78 is 0. The lowest BCUT2D eigenvalue weighted by Gasteiger charge is -2.37.